The Balaban J connectivity index is 1.47. The lowest BCUT2D eigenvalue weighted by Gasteiger charge is -2.34. The van der Waals surface area contributed by atoms with E-state index in [0.717, 1.165) is 12.0 Å². The monoisotopic (exact) mass is 328 g/mol. The first-order valence-electron chi connectivity index (χ1n) is 8.04. The molecule has 0 spiro atoms. The SMILES string of the molecule is Cc1nnc(C(=O)N2CCN(C(=O)CCc3ccccc3)CC2)o1. The van der Waals surface area contributed by atoms with Crippen molar-refractivity contribution in [3.63, 3.8) is 0 Å². The first-order valence-corrected chi connectivity index (χ1v) is 8.04. The number of carbonyl (C=O) groups is 2. The summed E-state index contributed by atoms with van der Waals surface area (Å²) in [6.45, 7) is 3.68. The van der Waals surface area contributed by atoms with Gasteiger partial charge in [-0.15, -0.1) is 10.2 Å². The summed E-state index contributed by atoms with van der Waals surface area (Å²) in [5.74, 6) is 0.232. The van der Waals surface area contributed by atoms with E-state index in [0.29, 0.717) is 38.5 Å². The molecule has 0 saturated carbocycles. The zero-order chi connectivity index (χ0) is 16.9. The van der Waals surface area contributed by atoms with E-state index in [9.17, 15) is 9.59 Å². The average molecular weight is 328 g/mol. The topological polar surface area (TPSA) is 79.5 Å². The molecule has 2 heterocycles. The van der Waals surface area contributed by atoms with Crippen LogP contribution in [0.2, 0.25) is 0 Å². The minimum absolute atomic E-state index is 0.0105. The molecule has 3 rings (SSSR count). The fourth-order valence-corrected chi connectivity index (χ4v) is 2.73. The molecule has 0 atom stereocenters. The van der Waals surface area contributed by atoms with E-state index in [1.807, 2.05) is 35.2 Å². The van der Waals surface area contributed by atoms with Crippen LogP contribution in [0.5, 0.6) is 0 Å². The van der Waals surface area contributed by atoms with Gasteiger partial charge in [-0.1, -0.05) is 30.3 Å². The molecule has 2 amide bonds. The third-order valence-corrected chi connectivity index (χ3v) is 4.10. The lowest BCUT2D eigenvalue weighted by molar-refractivity contribution is -0.132. The molecule has 1 saturated heterocycles. The Morgan fingerprint density at radius 1 is 1.04 bits per heavy atom. The van der Waals surface area contributed by atoms with Crippen LogP contribution in [0.1, 0.15) is 28.6 Å². The van der Waals surface area contributed by atoms with Gasteiger partial charge in [-0.05, 0) is 12.0 Å². The molecule has 0 N–H and O–H groups in total. The summed E-state index contributed by atoms with van der Waals surface area (Å²) in [7, 11) is 0. The van der Waals surface area contributed by atoms with Crippen LogP contribution in [0, 0.1) is 6.92 Å². The highest BCUT2D eigenvalue weighted by Crippen LogP contribution is 2.10. The van der Waals surface area contributed by atoms with Gasteiger partial charge in [0.25, 0.3) is 0 Å². The molecular formula is C17H20N4O3. The van der Waals surface area contributed by atoms with Gasteiger partial charge in [0.2, 0.25) is 11.8 Å². The maximum atomic E-state index is 12.3. The van der Waals surface area contributed by atoms with E-state index in [1.54, 1.807) is 11.8 Å². The molecule has 1 aromatic heterocycles. The van der Waals surface area contributed by atoms with Crippen molar-refractivity contribution < 1.29 is 14.0 Å². The number of aryl methyl sites for hydroxylation is 2. The van der Waals surface area contributed by atoms with Gasteiger partial charge in [0, 0.05) is 39.5 Å². The highest BCUT2D eigenvalue weighted by molar-refractivity contribution is 5.89. The van der Waals surface area contributed by atoms with Crippen LogP contribution >= 0.6 is 0 Å². The molecule has 1 aliphatic heterocycles. The Hall–Kier alpha value is -2.70. The Morgan fingerprint density at radius 2 is 1.71 bits per heavy atom. The first kappa shape index (κ1) is 16.2. The van der Waals surface area contributed by atoms with E-state index < -0.39 is 0 Å². The minimum atomic E-state index is -0.271. The Bertz CT molecular complexity index is 706. The largest absolute Gasteiger partial charge is 0.417 e. The van der Waals surface area contributed by atoms with Crippen molar-refractivity contribution in [2.24, 2.45) is 0 Å². The van der Waals surface area contributed by atoms with Crippen LogP contribution in [0.4, 0.5) is 0 Å². The molecular weight excluding hydrogens is 308 g/mol. The van der Waals surface area contributed by atoms with E-state index in [2.05, 4.69) is 10.2 Å². The molecule has 0 unspecified atom stereocenters. The fraction of sp³-hybridized carbons (Fsp3) is 0.412. The molecule has 7 heteroatoms. The smallest absolute Gasteiger partial charge is 0.311 e. The zero-order valence-electron chi connectivity index (χ0n) is 13.6. The summed E-state index contributed by atoms with van der Waals surface area (Å²) in [6.07, 6.45) is 1.22. The molecule has 126 valence electrons. The lowest BCUT2D eigenvalue weighted by atomic mass is 10.1. The number of benzene rings is 1. The summed E-state index contributed by atoms with van der Waals surface area (Å²) in [5.41, 5.74) is 1.16. The van der Waals surface area contributed by atoms with Crippen LogP contribution in [0.15, 0.2) is 34.7 Å². The van der Waals surface area contributed by atoms with Crippen molar-refractivity contribution in [2.45, 2.75) is 19.8 Å². The standard InChI is InChI=1S/C17H20N4O3/c1-13-18-19-16(24-13)17(23)21-11-9-20(10-12-21)15(22)8-7-14-5-3-2-4-6-14/h2-6H,7-12H2,1H3. The van der Waals surface area contributed by atoms with Gasteiger partial charge in [0.05, 0.1) is 0 Å². The molecule has 24 heavy (non-hydrogen) atoms. The number of piperazine rings is 1. The van der Waals surface area contributed by atoms with Gasteiger partial charge in [-0.25, -0.2) is 0 Å². The molecule has 1 aliphatic rings. The second kappa shape index (κ2) is 7.25. The third kappa shape index (κ3) is 3.79. The molecule has 2 aromatic rings. The molecule has 0 bridgehead atoms. The number of amides is 2. The average Bonchev–Trinajstić information content (AvgIpc) is 3.06. The van der Waals surface area contributed by atoms with Crippen molar-refractivity contribution in [1.82, 2.24) is 20.0 Å². The molecule has 1 aromatic carbocycles. The third-order valence-electron chi connectivity index (χ3n) is 4.10. The van der Waals surface area contributed by atoms with Gasteiger partial charge >= 0.3 is 11.8 Å². The quantitative estimate of drug-likeness (QED) is 0.845. The molecule has 7 nitrogen and oxygen atoms in total. The summed E-state index contributed by atoms with van der Waals surface area (Å²) in [5, 5.41) is 7.42. The van der Waals surface area contributed by atoms with Gasteiger partial charge in [0.1, 0.15) is 0 Å². The van der Waals surface area contributed by atoms with Gasteiger partial charge in [0.15, 0.2) is 0 Å². The number of rotatable bonds is 4. The second-order valence-electron chi connectivity index (χ2n) is 5.78. The summed E-state index contributed by atoms with van der Waals surface area (Å²) in [6, 6.07) is 9.96. The summed E-state index contributed by atoms with van der Waals surface area (Å²) >= 11 is 0. The maximum absolute atomic E-state index is 12.3. The van der Waals surface area contributed by atoms with Gasteiger partial charge in [-0.2, -0.15) is 0 Å². The van der Waals surface area contributed by atoms with E-state index >= 15 is 0 Å². The van der Waals surface area contributed by atoms with Gasteiger partial charge < -0.3 is 14.2 Å². The van der Waals surface area contributed by atoms with Crippen LogP contribution < -0.4 is 0 Å². The van der Waals surface area contributed by atoms with E-state index in [4.69, 9.17) is 4.42 Å². The highest BCUT2D eigenvalue weighted by Gasteiger charge is 2.27. The van der Waals surface area contributed by atoms with Crippen molar-refractivity contribution in [2.75, 3.05) is 26.2 Å². The first-order chi connectivity index (χ1) is 11.6. The van der Waals surface area contributed by atoms with Crippen molar-refractivity contribution >= 4 is 11.8 Å². The highest BCUT2D eigenvalue weighted by atomic mass is 16.4. The van der Waals surface area contributed by atoms with Gasteiger partial charge in [-0.3, -0.25) is 9.59 Å². The van der Waals surface area contributed by atoms with Crippen LogP contribution in [0.3, 0.4) is 0 Å². The van der Waals surface area contributed by atoms with Crippen LogP contribution in [0.25, 0.3) is 0 Å². The predicted octanol–water partition coefficient (Wildman–Crippen LogP) is 1.30. The molecule has 0 radical (unpaired) electrons. The van der Waals surface area contributed by atoms with E-state index in [-0.39, 0.29) is 17.7 Å². The van der Waals surface area contributed by atoms with Crippen LogP contribution in [-0.2, 0) is 11.2 Å². The Morgan fingerprint density at radius 3 is 2.33 bits per heavy atom. The number of hydrogen-bond donors (Lipinski definition) is 0. The maximum Gasteiger partial charge on any atom is 0.311 e. The Kier molecular flexibility index (Phi) is 4.88. The zero-order valence-corrected chi connectivity index (χ0v) is 13.6. The number of nitrogens with zero attached hydrogens (tertiary/aromatic N) is 4. The van der Waals surface area contributed by atoms with Crippen LogP contribution in [-0.4, -0.2) is 58.0 Å². The number of aromatic nitrogens is 2. The summed E-state index contributed by atoms with van der Waals surface area (Å²) in [4.78, 5) is 28.0. The lowest BCUT2D eigenvalue weighted by Crippen LogP contribution is -2.50. The minimum Gasteiger partial charge on any atom is -0.417 e. The van der Waals surface area contributed by atoms with Crippen molar-refractivity contribution in [1.29, 1.82) is 0 Å². The molecule has 1 fully saturated rings. The van der Waals surface area contributed by atoms with Crippen molar-refractivity contribution in [3.8, 4) is 0 Å². The van der Waals surface area contributed by atoms with E-state index in [1.165, 1.54) is 0 Å². The second-order valence-corrected chi connectivity index (χ2v) is 5.78. The number of hydrogen-bond acceptors (Lipinski definition) is 5. The Labute approximate surface area is 140 Å². The predicted molar refractivity (Wildman–Crippen MR) is 86.3 cm³/mol. The summed E-state index contributed by atoms with van der Waals surface area (Å²) < 4.78 is 5.17. The molecule has 0 aliphatic carbocycles. The van der Waals surface area contributed by atoms with Crippen molar-refractivity contribution in [3.05, 3.63) is 47.7 Å². The normalized spacial score (nSPS) is 14.7. The number of carbonyl (C=O) groups excluding carboxylic acids is 2. The fourth-order valence-electron chi connectivity index (χ4n) is 2.73.